The highest BCUT2D eigenvalue weighted by Crippen LogP contribution is 2.38. The van der Waals surface area contributed by atoms with Crippen LogP contribution in [0.1, 0.15) is 16.1 Å². The van der Waals surface area contributed by atoms with Gasteiger partial charge in [-0.3, -0.25) is 14.0 Å². The third kappa shape index (κ3) is 4.29. The van der Waals surface area contributed by atoms with E-state index in [1.54, 1.807) is 41.8 Å². The van der Waals surface area contributed by atoms with Crippen LogP contribution in [0.4, 0.5) is 5.69 Å². The summed E-state index contributed by atoms with van der Waals surface area (Å²) in [5.41, 5.74) is 2.35. The van der Waals surface area contributed by atoms with Crippen LogP contribution in [0.5, 0.6) is 5.75 Å². The predicted molar refractivity (Wildman–Crippen MR) is 141 cm³/mol. The molecule has 0 radical (unpaired) electrons. The first-order valence-corrected chi connectivity index (χ1v) is 13.2. The average Bonchev–Trinajstić information content (AvgIpc) is 3.53. The minimum atomic E-state index is -0.280. The van der Waals surface area contributed by atoms with Gasteiger partial charge in [-0.25, -0.2) is 14.9 Å². The summed E-state index contributed by atoms with van der Waals surface area (Å²) in [6, 6.07) is 8.59. The number of rotatable bonds is 5. The minimum Gasteiger partial charge on any atom is -0.495 e. The van der Waals surface area contributed by atoms with E-state index in [0.717, 1.165) is 10.4 Å². The van der Waals surface area contributed by atoms with E-state index in [0.29, 0.717) is 43.7 Å². The molecule has 172 valence electrons. The number of methoxy groups -OCH3 is 1. The normalized spacial score (nSPS) is 14.9. The lowest BCUT2D eigenvalue weighted by molar-refractivity contribution is -0.113. The van der Waals surface area contributed by atoms with E-state index >= 15 is 0 Å². The molecule has 0 bridgehead atoms. The number of nitrogens with zero attached hydrogens (tertiary/aromatic N) is 4. The number of amidine groups is 1. The number of aryl methyl sites for hydroxylation is 1. The van der Waals surface area contributed by atoms with E-state index in [9.17, 15) is 9.59 Å². The fourth-order valence-electron chi connectivity index (χ4n) is 3.40. The van der Waals surface area contributed by atoms with Gasteiger partial charge in [-0.15, -0.1) is 22.7 Å². The first-order valence-electron chi connectivity index (χ1n) is 10.1. The molecular weight excluding hydrogens is 512 g/mol. The molecule has 0 unspecified atom stereocenters. The van der Waals surface area contributed by atoms with Crippen molar-refractivity contribution in [3.8, 4) is 5.75 Å². The van der Waals surface area contributed by atoms with Crippen molar-refractivity contribution in [2.75, 3.05) is 12.0 Å². The predicted octanol–water partition coefficient (Wildman–Crippen LogP) is 5.47. The van der Waals surface area contributed by atoms with Gasteiger partial charge in [-0.05, 0) is 48.2 Å². The first-order chi connectivity index (χ1) is 16.4. The van der Waals surface area contributed by atoms with Crippen molar-refractivity contribution in [3.05, 3.63) is 84.5 Å². The lowest BCUT2D eigenvalue weighted by Crippen LogP contribution is -2.30. The zero-order valence-electron chi connectivity index (χ0n) is 18.0. The standard InChI is InChI=1S/C23H17ClN4O3S3/c1-13-5-7-32-19(13)11-16-21(30)28(17-9-14(24)3-4-18(17)31-2)23(26-16)34-12-15-10-20(29)27-6-8-33-22(27)25-15/h3-11H,12H2,1-2H3. The van der Waals surface area contributed by atoms with Crippen molar-refractivity contribution < 1.29 is 9.53 Å². The fourth-order valence-corrected chi connectivity index (χ4v) is 6.06. The Hall–Kier alpha value is -2.92. The number of thiazole rings is 1. The third-order valence-electron chi connectivity index (χ3n) is 5.09. The molecule has 5 rings (SSSR count). The number of amides is 1. The second-order valence-electron chi connectivity index (χ2n) is 7.28. The fraction of sp³-hybridized carbons (Fsp3) is 0.130. The number of aromatic nitrogens is 2. The van der Waals surface area contributed by atoms with Crippen molar-refractivity contribution in [1.82, 2.24) is 9.38 Å². The SMILES string of the molecule is COc1ccc(Cl)cc1N1C(=O)C(=Cc2sccc2C)N=C1SCc1cc(=O)n2ccsc2n1. The summed E-state index contributed by atoms with van der Waals surface area (Å²) in [4.78, 5) is 38.2. The quantitative estimate of drug-likeness (QED) is 0.321. The molecule has 1 aromatic carbocycles. The number of fused-ring (bicyclic) bond motifs is 1. The molecule has 1 aliphatic rings. The van der Waals surface area contributed by atoms with Crippen LogP contribution in [0.15, 0.2) is 62.8 Å². The maximum Gasteiger partial charge on any atom is 0.283 e. The molecule has 0 atom stereocenters. The van der Waals surface area contributed by atoms with Crippen LogP contribution < -0.4 is 15.2 Å². The number of carbonyl (C=O) groups is 1. The van der Waals surface area contributed by atoms with Gasteiger partial charge in [0.2, 0.25) is 0 Å². The van der Waals surface area contributed by atoms with E-state index in [2.05, 4.69) is 9.98 Å². The second-order valence-corrected chi connectivity index (χ2v) is 10.5. The Kier molecular flexibility index (Phi) is 6.30. The number of ether oxygens (including phenoxy) is 1. The lowest BCUT2D eigenvalue weighted by atomic mass is 10.2. The molecule has 3 aromatic heterocycles. The van der Waals surface area contributed by atoms with Crippen LogP contribution >= 0.6 is 46.0 Å². The number of hydrogen-bond donors (Lipinski definition) is 0. The number of hydrogen-bond acceptors (Lipinski definition) is 8. The molecular formula is C23H17ClN4O3S3. The average molecular weight is 529 g/mol. The molecule has 0 N–H and O–H groups in total. The molecule has 34 heavy (non-hydrogen) atoms. The van der Waals surface area contributed by atoms with Gasteiger partial charge in [0.1, 0.15) is 11.4 Å². The molecule has 1 aliphatic heterocycles. The molecule has 0 spiro atoms. The van der Waals surface area contributed by atoms with Crippen LogP contribution in [0.2, 0.25) is 5.02 Å². The van der Waals surface area contributed by atoms with E-state index in [-0.39, 0.29) is 11.5 Å². The number of anilines is 1. The van der Waals surface area contributed by atoms with Crippen molar-refractivity contribution in [1.29, 1.82) is 0 Å². The van der Waals surface area contributed by atoms with Gasteiger partial charge < -0.3 is 4.74 Å². The highest BCUT2D eigenvalue weighted by atomic mass is 35.5. The van der Waals surface area contributed by atoms with E-state index in [4.69, 9.17) is 16.3 Å². The lowest BCUT2D eigenvalue weighted by Gasteiger charge is -2.20. The Morgan fingerprint density at radius 3 is 2.79 bits per heavy atom. The van der Waals surface area contributed by atoms with Gasteiger partial charge in [0.05, 0.1) is 18.5 Å². The number of thioether (sulfide) groups is 1. The summed E-state index contributed by atoms with van der Waals surface area (Å²) in [5, 5.41) is 4.72. The Bertz CT molecular complexity index is 1540. The highest BCUT2D eigenvalue weighted by Gasteiger charge is 2.34. The Labute approximate surface area is 212 Å². The van der Waals surface area contributed by atoms with Gasteiger partial charge in [0.25, 0.3) is 11.5 Å². The summed E-state index contributed by atoms with van der Waals surface area (Å²) in [7, 11) is 1.54. The van der Waals surface area contributed by atoms with Gasteiger partial charge >= 0.3 is 0 Å². The number of benzene rings is 1. The molecule has 11 heteroatoms. The summed E-state index contributed by atoms with van der Waals surface area (Å²) in [5.74, 6) is 0.578. The third-order valence-corrected chi connectivity index (χ3v) is 8.02. The van der Waals surface area contributed by atoms with Gasteiger partial charge in [-0.1, -0.05) is 23.4 Å². The van der Waals surface area contributed by atoms with Crippen LogP contribution in [0, 0.1) is 6.92 Å². The monoisotopic (exact) mass is 528 g/mol. The molecule has 0 aliphatic carbocycles. The van der Waals surface area contributed by atoms with Crippen molar-refractivity contribution >= 4 is 73.8 Å². The Morgan fingerprint density at radius 1 is 1.18 bits per heavy atom. The summed E-state index contributed by atoms with van der Waals surface area (Å²) in [6.07, 6.45) is 3.49. The van der Waals surface area contributed by atoms with Crippen LogP contribution in [0.3, 0.4) is 0 Å². The number of halogens is 1. The number of carbonyl (C=O) groups excluding carboxylic acids is 1. The van der Waals surface area contributed by atoms with Gasteiger partial charge in [-0.2, -0.15) is 0 Å². The zero-order chi connectivity index (χ0) is 23.8. The van der Waals surface area contributed by atoms with E-state index in [1.165, 1.54) is 45.6 Å². The Balaban J connectivity index is 1.54. The van der Waals surface area contributed by atoms with Crippen LogP contribution in [-0.4, -0.2) is 27.6 Å². The van der Waals surface area contributed by atoms with Crippen molar-refractivity contribution in [3.63, 3.8) is 0 Å². The van der Waals surface area contributed by atoms with Gasteiger partial charge in [0, 0.05) is 33.3 Å². The van der Waals surface area contributed by atoms with Crippen molar-refractivity contribution in [2.45, 2.75) is 12.7 Å². The van der Waals surface area contributed by atoms with Crippen molar-refractivity contribution in [2.24, 2.45) is 4.99 Å². The smallest absolute Gasteiger partial charge is 0.283 e. The molecule has 1 amide bonds. The maximum absolute atomic E-state index is 13.5. The van der Waals surface area contributed by atoms with E-state index in [1.807, 2.05) is 23.8 Å². The topological polar surface area (TPSA) is 76.3 Å². The van der Waals surface area contributed by atoms with E-state index < -0.39 is 0 Å². The minimum absolute atomic E-state index is 0.145. The highest BCUT2D eigenvalue weighted by molar-refractivity contribution is 8.13. The molecule has 0 saturated heterocycles. The molecule has 0 saturated carbocycles. The molecule has 4 aromatic rings. The number of thiophene rings is 1. The molecule has 7 nitrogen and oxygen atoms in total. The van der Waals surface area contributed by atoms with Crippen LogP contribution in [0.25, 0.3) is 11.0 Å². The van der Waals surface area contributed by atoms with Crippen LogP contribution in [-0.2, 0) is 10.5 Å². The second kappa shape index (κ2) is 9.38. The first kappa shape index (κ1) is 22.9. The summed E-state index contributed by atoms with van der Waals surface area (Å²) in [6.45, 7) is 1.99. The molecule has 0 fully saturated rings. The largest absolute Gasteiger partial charge is 0.495 e. The summed E-state index contributed by atoms with van der Waals surface area (Å²) < 4.78 is 7.00. The zero-order valence-corrected chi connectivity index (χ0v) is 21.2. The summed E-state index contributed by atoms with van der Waals surface area (Å²) >= 11 is 10.5. The number of aliphatic imine (C=N–C) groups is 1. The van der Waals surface area contributed by atoms with Gasteiger partial charge in [0.15, 0.2) is 10.1 Å². The maximum atomic E-state index is 13.5. The molecule has 4 heterocycles. The Morgan fingerprint density at radius 2 is 2.03 bits per heavy atom.